The smallest absolute Gasteiger partial charge is 0.223 e. The average Bonchev–Trinajstić information content (AvgIpc) is 2.60. The standard InChI is InChI=1S/C20H29NO4/c1-4-24-18-9-6-15(13-19(18)25-5-2)10-11-21-20(23)16-7-8-17(22)14(3)12-16/h6,9,13-14,16H,4-5,7-8,10-12H2,1-3H3,(H,21,23)/t14-,16+/m0/s1. The summed E-state index contributed by atoms with van der Waals surface area (Å²) in [5.74, 6) is 1.80. The summed E-state index contributed by atoms with van der Waals surface area (Å²) in [5, 5.41) is 3.01. The van der Waals surface area contributed by atoms with E-state index in [1.54, 1.807) is 0 Å². The molecule has 0 radical (unpaired) electrons. The minimum absolute atomic E-state index is 0.00404. The van der Waals surface area contributed by atoms with Crippen LogP contribution in [0.4, 0.5) is 0 Å². The van der Waals surface area contributed by atoms with Gasteiger partial charge in [0.05, 0.1) is 13.2 Å². The fourth-order valence-electron chi connectivity index (χ4n) is 3.20. The zero-order chi connectivity index (χ0) is 18.2. The number of benzene rings is 1. The lowest BCUT2D eigenvalue weighted by Crippen LogP contribution is -2.36. The van der Waals surface area contributed by atoms with Crippen LogP contribution in [0, 0.1) is 11.8 Å². The Morgan fingerprint density at radius 3 is 2.60 bits per heavy atom. The van der Waals surface area contributed by atoms with Crippen molar-refractivity contribution < 1.29 is 19.1 Å². The maximum Gasteiger partial charge on any atom is 0.223 e. The van der Waals surface area contributed by atoms with E-state index < -0.39 is 0 Å². The van der Waals surface area contributed by atoms with Gasteiger partial charge in [-0.05, 0) is 50.8 Å². The second kappa shape index (κ2) is 9.44. The molecule has 1 aliphatic carbocycles. The molecule has 1 saturated carbocycles. The molecule has 5 nitrogen and oxygen atoms in total. The Morgan fingerprint density at radius 2 is 1.92 bits per heavy atom. The molecule has 1 N–H and O–H groups in total. The predicted molar refractivity (Wildman–Crippen MR) is 97.0 cm³/mol. The summed E-state index contributed by atoms with van der Waals surface area (Å²) >= 11 is 0. The van der Waals surface area contributed by atoms with E-state index in [2.05, 4.69) is 5.32 Å². The number of hydrogen-bond donors (Lipinski definition) is 1. The van der Waals surface area contributed by atoms with E-state index in [1.807, 2.05) is 39.0 Å². The van der Waals surface area contributed by atoms with Gasteiger partial charge < -0.3 is 14.8 Å². The lowest BCUT2D eigenvalue weighted by Gasteiger charge is -2.24. The highest BCUT2D eigenvalue weighted by Crippen LogP contribution is 2.29. The number of ether oxygens (including phenoxy) is 2. The van der Waals surface area contributed by atoms with E-state index in [0.717, 1.165) is 23.5 Å². The molecule has 0 spiro atoms. The molecule has 0 aliphatic heterocycles. The first-order valence-electron chi connectivity index (χ1n) is 9.24. The largest absolute Gasteiger partial charge is 0.490 e. The highest BCUT2D eigenvalue weighted by molar-refractivity contribution is 5.85. The Hall–Kier alpha value is -2.04. The molecule has 0 unspecified atom stereocenters. The first-order valence-corrected chi connectivity index (χ1v) is 9.24. The zero-order valence-electron chi connectivity index (χ0n) is 15.5. The van der Waals surface area contributed by atoms with Crippen LogP contribution in [0.15, 0.2) is 18.2 Å². The van der Waals surface area contributed by atoms with Crippen LogP contribution in [-0.4, -0.2) is 31.4 Å². The van der Waals surface area contributed by atoms with Gasteiger partial charge in [0.2, 0.25) is 5.91 Å². The van der Waals surface area contributed by atoms with E-state index in [9.17, 15) is 9.59 Å². The Bertz CT molecular complexity index is 599. The van der Waals surface area contributed by atoms with Crippen LogP contribution in [0.3, 0.4) is 0 Å². The van der Waals surface area contributed by atoms with E-state index in [4.69, 9.17) is 9.47 Å². The molecule has 1 amide bonds. The second-order valence-corrected chi connectivity index (χ2v) is 6.53. The minimum atomic E-state index is -0.0352. The summed E-state index contributed by atoms with van der Waals surface area (Å²) in [5.41, 5.74) is 1.10. The molecule has 2 atom stereocenters. The fourth-order valence-corrected chi connectivity index (χ4v) is 3.20. The van der Waals surface area contributed by atoms with Crippen molar-refractivity contribution in [2.45, 2.75) is 46.5 Å². The van der Waals surface area contributed by atoms with Crippen LogP contribution in [0.2, 0.25) is 0 Å². The third-order valence-corrected chi connectivity index (χ3v) is 4.62. The molecular formula is C20H29NO4. The van der Waals surface area contributed by atoms with Gasteiger partial charge in [-0.25, -0.2) is 0 Å². The van der Waals surface area contributed by atoms with Gasteiger partial charge in [-0.1, -0.05) is 13.0 Å². The minimum Gasteiger partial charge on any atom is -0.490 e. The van der Waals surface area contributed by atoms with Gasteiger partial charge in [0.15, 0.2) is 11.5 Å². The summed E-state index contributed by atoms with van der Waals surface area (Å²) in [6.45, 7) is 7.56. The maximum atomic E-state index is 12.3. The first-order chi connectivity index (χ1) is 12.0. The topological polar surface area (TPSA) is 64.6 Å². The molecule has 2 rings (SSSR count). The van der Waals surface area contributed by atoms with Gasteiger partial charge in [0.25, 0.3) is 0 Å². The third-order valence-electron chi connectivity index (χ3n) is 4.62. The summed E-state index contributed by atoms with van der Waals surface area (Å²) in [6, 6.07) is 5.89. The molecule has 5 heteroatoms. The number of ketones is 1. The maximum absolute atomic E-state index is 12.3. The number of Topliss-reactive ketones (excluding diaryl/α,β-unsaturated/α-hetero) is 1. The molecule has 138 valence electrons. The Labute approximate surface area is 150 Å². The van der Waals surface area contributed by atoms with Crippen LogP contribution in [0.25, 0.3) is 0 Å². The van der Waals surface area contributed by atoms with Crippen molar-refractivity contribution >= 4 is 11.7 Å². The molecular weight excluding hydrogens is 318 g/mol. The third kappa shape index (κ3) is 5.48. The molecule has 1 fully saturated rings. The van der Waals surface area contributed by atoms with Crippen LogP contribution in [-0.2, 0) is 16.0 Å². The van der Waals surface area contributed by atoms with E-state index in [-0.39, 0.29) is 23.5 Å². The zero-order valence-corrected chi connectivity index (χ0v) is 15.5. The van der Waals surface area contributed by atoms with Gasteiger partial charge in [-0.2, -0.15) is 0 Å². The molecule has 0 heterocycles. The van der Waals surface area contributed by atoms with Crippen LogP contribution in [0.5, 0.6) is 11.5 Å². The molecule has 1 aromatic carbocycles. The Kier molecular flexibility index (Phi) is 7.29. The lowest BCUT2D eigenvalue weighted by molar-refractivity contribution is -0.130. The fraction of sp³-hybridized carbons (Fsp3) is 0.600. The number of hydrogen-bond acceptors (Lipinski definition) is 4. The number of carbonyl (C=O) groups is 2. The number of carbonyl (C=O) groups excluding carboxylic acids is 2. The van der Waals surface area contributed by atoms with Crippen molar-refractivity contribution in [1.82, 2.24) is 5.32 Å². The Morgan fingerprint density at radius 1 is 1.20 bits per heavy atom. The SMILES string of the molecule is CCOc1ccc(CCNC(=O)[C@@H]2CCC(=O)[C@@H](C)C2)cc1OCC. The van der Waals surface area contributed by atoms with Gasteiger partial charge in [-0.15, -0.1) is 0 Å². The van der Waals surface area contributed by atoms with Crippen LogP contribution in [0.1, 0.15) is 45.6 Å². The molecule has 1 aromatic rings. The van der Waals surface area contributed by atoms with Gasteiger partial charge in [-0.3, -0.25) is 9.59 Å². The summed E-state index contributed by atoms with van der Waals surface area (Å²) < 4.78 is 11.2. The number of rotatable bonds is 8. The monoisotopic (exact) mass is 347 g/mol. The van der Waals surface area contributed by atoms with Crippen molar-refractivity contribution in [1.29, 1.82) is 0 Å². The first kappa shape index (κ1) is 19.3. The molecule has 0 bridgehead atoms. The number of amides is 1. The summed E-state index contributed by atoms with van der Waals surface area (Å²) in [4.78, 5) is 23.8. The molecule has 0 aromatic heterocycles. The van der Waals surface area contributed by atoms with Gasteiger partial charge >= 0.3 is 0 Å². The van der Waals surface area contributed by atoms with E-state index >= 15 is 0 Å². The highest BCUT2D eigenvalue weighted by atomic mass is 16.5. The average molecular weight is 347 g/mol. The predicted octanol–water partition coefficient (Wildman–Crippen LogP) is 3.15. The van der Waals surface area contributed by atoms with Crippen molar-refractivity contribution in [3.05, 3.63) is 23.8 Å². The number of nitrogens with one attached hydrogen (secondary N) is 1. The Balaban J connectivity index is 1.85. The van der Waals surface area contributed by atoms with Gasteiger partial charge in [0, 0.05) is 24.8 Å². The van der Waals surface area contributed by atoms with Gasteiger partial charge in [0.1, 0.15) is 5.78 Å². The second-order valence-electron chi connectivity index (χ2n) is 6.53. The van der Waals surface area contributed by atoms with E-state index in [1.165, 1.54) is 0 Å². The van der Waals surface area contributed by atoms with Crippen LogP contribution >= 0.6 is 0 Å². The highest BCUT2D eigenvalue weighted by Gasteiger charge is 2.29. The van der Waals surface area contributed by atoms with E-state index in [0.29, 0.717) is 39.0 Å². The molecule has 1 aliphatic rings. The van der Waals surface area contributed by atoms with Crippen molar-refractivity contribution in [2.75, 3.05) is 19.8 Å². The van der Waals surface area contributed by atoms with Crippen molar-refractivity contribution in [3.63, 3.8) is 0 Å². The quantitative estimate of drug-likeness (QED) is 0.784. The summed E-state index contributed by atoms with van der Waals surface area (Å²) in [7, 11) is 0. The summed E-state index contributed by atoms with van der Waals surface area (Å²) in [6.07, 6.45) is 2.60. The lowest BCUT2D eigenvalue weighted by atomic mass is 9.81. The van der Waals surface area contributed by atoms with Crippen molar-refractivity contribution in [3.8, 4) is 11.5 Å². The molecule has 0 saturated heterocycles. The van der Waals surface area contributed by atoms with Crippen LogP contribution < -0.4 is 14.8 Å². The molecule has 25 heavy (non-hydrogen) atoms. The van der Waals surface area contributed by atoms with Crippen molar-refractivity contribution in [2.24, 2.45) is 11.8 Å². The normalized spacial score (nSPS) is 20.2.